The summed E-state index contributed by atoms with van der Waals surface area (Å²) >= 11 is 0. The van der Waals surface area contributed by atoms with Crippen molar-refractivity contribution >= 4 is 23.9 Å². The Hall–Kier alpha value is -2.12. The fourth-order valence-electron chi connectivity index (χ4n) is 1.71. The zero-order valence-electron chi connectivity index (χ0n) is 15.8. The van der Waals surface area contributed by atoms with Gasteiger partial charge in [-0.05, 0) is 25.7 Å². The van der Waals surface area contributed by atoms with Gasteiger partial charge in [0.15, 0.2) is 13.2 Å². The van der Waals surface area contributed by atoms with Gasteiger partial charge in [-0.15, -0.1) is 0 Å². The first-order chi connectivity index (χ1) is 12.5. The molecule has 26 heavy (non-hydrogen) atoms. The molecule has 0 amide bonds. The molecule has 0 spiro atoms. The third kappa shape index (κ3) is 15.4. The summed E-state index contributed by atoms with van der Waals surface area (Å²) in [4.78, 5) is 45.4. The van der Waals surface area contributed by atoms with Crippen molar-refractivity contribution in [2.75, 3.05) is 26.4 Å². The number of esters is 4. The van der Waals surface area contributed by atoms with Crippen molar-refractivity contribution in [1.29, 1.82) is 0 Å². The second kappa shape index (κ2) is 16.4. The van der Waals surface area contributed by atoms with Crippen LogP contribution >= 0.6 is 0 Å². The normalized spacial score (nSPS) is 10.1. The smallest absolute Gasteiger partial charge is 0.344 e. The zero-order chi connectivity index (χ0) is 19.6. The standard InChI is InChI=1S/C18H30O8/c1-3-5-11-23-17(21)13-25-15(19)9-7-8-10-16(20)26-14-18(22)24-12-6-4-2/h3-14H2,1-2H3. The first-order valence-corrected chi connectivity index (χ1v) is 9.12. The highest BCUT2D eigenvalue weighted by atomic mass is 16.6. The van der Waals surface area contributed by atoms with E-state index in [-0.39, 0.29) is 12.8 Å². The summed E-state index contributed by atoms with van der Waals surface area (Å²) in [5, 5.41) is 0. The number of unbranched alkanes of at least 4 members (excludes halogenated alkanes) is 3. The number of rotatable bonds is 15. The van der Waals surface area contributed by atoms with Crippen LogP contribution in [0, 0.1) is 0 Å². The predicted octanol–water partition coefficient (Wildman–Crippen LogP) is 2.32. The van der Waals surface area contributed by atoms with Crippen LogP contribution in [0.4, 0.5) is 0 Å². The fourth-order valence-corrected chi connectivity index (χ4v) is 1.71. The van der Waals surface area contributed by atoms with E-state index in [1.54, 1.807) is 0 Å². The molecular weight excluding hydrogens is 344 g/mol. The van der Waals surface area contributed by atoms with Gasteiger partial charge in [-0.1, -0.05) is 26.7 Å². The second-order valence-corrected chi connectivity index (χ2v) is 5.68. The Morgan fingerprint density at radius 3 is 1.27 bits per heavy atom. The number of carbonyl (C=O) groups is 4. The minimum atomic E-state index is -0.568. The number of hydrogen-bond acceptors (Lipinski definition) is 8. The molecule has 0 saturated heterocycles. The van der Waals surface area contributed by atoms with Crippen molar-refractivity contribution in [3.8, 4) is 0 Å². The van der Waals surface area contributed by atoms with Gasteiger partial charge < -0.3 is 18.9 Å². The van der Waals surface area contributed by atoms with Gasteiger partial charge in [0.2, 0.25) is 0 Å². The molecule has 0 aliphatic carbocycles. The SMILES string of the molecule is CCCCOC(=O)COC(=O)CCCCC(=O)OCC(=O)OCCCC. The van der Waals surface area contributed by atoms with Crippen LogP contribution in [0.25, 0.3) is 0 Å². The molecule has 0 bridgehead atoms. The Labute approximate surface area is 154 Å². The van der Waals surface area contributed by atoms with E-state index in [1.165, 1.54) is 0 Å². The molecule has 0 atom stereocenters. The van der Waals surface area contributed by atoms with E-state index >= 15 is 0 Å². The van der Waals surface area contributed by atoms with E-state index < -0.39 is 37.1 Å². The molecule has 0 unspecified atom stereocenters. The summed E-state index contributed by atoms with van der Waals surface area (Å²) in [5.74, 6) is -2.18. The average molecular weight is 374 g/mol. The van der Waals surface area contributed by atoms with Crippen LogP contribution in [-0.2, 0) is 38.1 Å². The summed E-state index contributed by atoms with van der Waals surface area (Å²) < 4.78 is 19.3. The number of hydrogen-bond donors (Lipinski definition) is 0. The Bertz CT molecular complexity index is 393. The largest absolute Gasteiger partial charge is 0.463 e. The lowest BCUT2D eigenvalue weighted by Crippen LogP contribution is -2.17. The molecule has 0 aliphatic heterocycles. The summed E-state index contributed by atoms with van der Waals surface area (Å²) in [6.07, 6.45) is 4.38. The highest BCUT2D eigenvalue weighted by Crippen LogP contribution is 2.03. The van der Waals surface area contributed by atoms with Gasteiger partial charge in [0.1, 0.15) is 0 Å². The monoisotopic (exact) mass is 374 g/mol. The molecule has 8 nitrogen and oxygen atoms in total. The quantitative estimate of drug-likeness (QED) is 0.244. The lowest BCUT2D eigenvalue weighted by molar-refractivity contribution is -0.159. The highest BCUT2D eigenvalue weighted by molar-refractivity contribution is 5.77. The van der Waals surface area contributed by atoms with E-state index in [0.29, 0.717) is 26.1 Å². The first kappa shape index (κ1) is 23.9. The van der Waals surface area contributed by atoms with Crippen LogP contribution in [0.1, 0.15) is 65.2 Å². The van der Waals surface area contributed by atoms with Crippen molar-refractivity contribution in [2.24, 2.45) is 0 Å². The molecule has 0 radical (unpaired) electrons. The third-order valence-corrected chi connectivity index (χ3v) is 3.24. The minimum Gasteiger partial charge on any atom is -0.463 e. The van der Waals surface area contributed by atoms with Crippen molar-refractivity contribution in [1.82, 2.24) is 0 Å². The van der Waals surface area contributed by atoms with E-state index in [1.807, 2.05) is 13.8 Å². The lowest BCUT2D eigenvalue weighted by Gasteiger charge is -2.06. The molecule has 0 saturated carbocycles. The summed E-state index contributed by atoms with van der Waals surface area (Å²) in [7, 11) is 0. The first-order valence-electron chi connectivity index (χ1n) is 9.12. The Balaban J connectivity index is 3.59. The van der Waals surface area contributed by atoms with Crippen LogP contribution in [0.15, 0.2) is 0 Å². The van der Waals surface area contributed by atoms with Crippen molar-refractivity contribution < 1.29 is 38.1 Å². The maximum atomic E-state index is 11.5. The van der Waals surface area contributed by atoms with Crippen molar-refractivity contribution in [3.05, 3.63) is 0 Å². The Kier molecular flexibility index (Phi) is 15.0. The molecule has 0 heterocycles. The maximum Gasteiger partial charge on any atom is 0.344 e. The van der Waals surface area contributed by atoms with Gasteiger partial charge in [-0.2, -0.15) is 0 Å². The van der Waals surface area contributed by atoms with Crippen LogP contribution < -0.4 is 0 Å². The number of ether oxygens (including phenoxy) is 4. The van der Waals surface area contributed by atoms with E-state index in [2.05, 4.69) is 0 Å². The van der Waals surface area contributed by atoms with E-state index in [4.69, 9.17) is 18.9 Å². The molecule has 0 N–H and O–H groups in total. The Morgan fingerprint density at radius 1 is 0.538 bits per heavy atom. The van der Waals surface area contributed by atoms with Crippen LogP contribution in [-0.4, -0.2) is 50.3 Å². The van der Waals surface area contributed by atoms with Crippen LogP contribution in [0.3, 0.4) is 0 Å². The predicted molar refractivity (Wildman–Crippen MR) is 92.1 cm³/mol. The molecule has 8 heteroatoms. The molecule has 0 aromatic carbocycles. The van der Waals surface area contributed by atoms with E-state index in [9.17, 15) is 19.2 Å². The van der Waals surface area contributed by atoms with Gasteiger partial charge in [-0.3, -0.25) is 9.59 Å². The van der Waals surface area contributed by atoms with Gasteiger partial charge in [0.25, 0.3) is 0 Å². The topological polar surface area (TPSA) is 105 Å². The summed E-state index contributed by atoms with van der Waals surface area (Å²) in [6, 6.07) is 0. The summed E-state index contributed by atoms with van der Waals surface area (Å²) in [6.45, 7) is 3.80. The number of carbonyl (C=O) groups excluding carboxylic acids is 4. The van der Waals surface area contributed by atoms with Crippen LogP contribution in [0.5, 0.6) is 0 Å². The van der Waals surface area contributed by atoms with Crippen LogP contribution in [0.2, 0.25) is 0 Å². The van der Waals surface area contributed by atoms with Gasteiger partial charge in [0, 0.05) is 12.8 Å². The van der Waals surface area contributed by atoms with Gasteiger partial charge >= 0.3 is 23.9 Å². The van der Waals surface area contributed by atoms with Gasteiger partial charge in [0.05, 0.1) is 13.2 Å². The third-order valence-electron chi connectivity index (χ3n) is 3.24. The molecule has 0 aromatic heterocycles. The maximum absolute atomic E-state index is 11.5. The molecule has 0 rings (SSSR count). The fraction of sp³-hybridized carbons (Fsp3) is 0.778. The highest BCUT2D eigenvalue weighted by Gasteiger charge is 2.11. The van der Waals surface area contributed by atoms with Crippen molar-refractivity contribution in [3.63, 3.8) is 0 Å². The molecule has 0 aromatic rings. The summed E-state index contributed by atoms with van der Waals surface area (Å²) in [5.41, 5.74) is 0. The molecular formula is C18H30O8. The Morgan fingerprint density at radius 2 is 0.923 bits per heavy atom. The van der Waals surface area contributed by atoms with E-state index in [0.717, 1.165) is 25.7 Å². The second-order valence-electron chi connectivity index (χ2n) is 5.68. The molecule has 0 fully saturated rings. The molecule has 150 valence electrons. The minimum absolute atomic E-state index is 0.0918. The van der Waals surface area contributed by atoms with Gasteiger partial charge in [-0.25, -0.2) is 9.59 Å². The zero-order valence-corrected chi connectivity index (χ0v) is 15.8. The van der Waals surface area contributed by atoms with Crippen molar-refractivity contribution in [2.45, 2.75) is 65.2 Å². The lowest BCUT2D eigenvalue weighted by atomic mass is 10.2. The average Bonchev–Trinajstić information content (AvgIpc) is 2.62. The molecule has 0 aliphatic rings.